The highest BCUT2D eigenvalue weighted by molar-refractivity contribution is 5.96. The Labute approximate surface area is 125 Å². The third-order valence-corrected chi connectivity index (χ3v) is 2.85. The SMILES string of the molecule is CC(C)CNC(=O)CNc1cc(C(=O)N(C)C)ccc1N. The van der Waals surface area contributed by atoms with Gasteiger partial charge in [-0.05, 0) is 24.1 Å². The zero-order chi connectivity index (χ0) is 16.0. The van der Waals surface area contributed by atoms with E-state index in [9.17, 15) is 9.59 Å². The molecule has 21 heavy (non-hydrogen) atoms. The van der Waals surface area contributed by atoms with Crippen molar-refractivity contribution in [1.82, 2.24) is 10.2 Å². The summed E-state index contributed by atoms with van der Waals surface area (Å²) in [5.41, 5.74) is 7.47. The van der Waals surface area contributed by atoms with E-state index in [1.807, 2.05) is 13.8 Å². The van der Waals surface area contributed by atoms with Crippen molar-refractivity contribution in [2.24, 2.45) is 5.92 Å². The van der Waals surface area contributed by atoms with Gasteiger partial charge in [-0.2, -0.15) is 0 Å². The fraction of sp³-hybridized carbons (Fsp3) is 0.467. The molecule has 0 aliphatic carbocycles. The normalized spacial score (nSPS) is 10.3. The number of anilines is 2. The number of carbonyl (C=O) groups is 2. The van der Waals surface area contributed by atoms with Crippen LogP contribution in [0.2, 0.25) is 0 Å². The lowest BCUT2D eigenvalue weighted by Crippen LogP contribution is -2.32. The fourth-order valence-corrected chi connectivity index (χ4v) is 1.66. The Morgan fingerprint density at radius 2 is 1.95 bits per heavy atom. The van der Waals surface area contributed by atoms with E-state index in [0.29, 0.717) is 29.4 Å². The number of nitrogens with zero attached hydrogens (tertiary/aromatic N) is 1. The lowest BCUT2D eigenvalue weighted by atomic mass is 10.1. The van der Waals surface area contributed by atoms with Gasteiger partial charge in [0.25, 0.3) is 5.91 Å². The molecular formula is C15H24N4O2. The van der Waals surface area contributed by atoms with Crippen molar-refractivity contribution in [2.75, 3.05) is 38.2 Å². The average molecular weight is 292 g/mol. The van der Waals surface area contributed by atoms with Crippen LogP contribution >= 0.6 is 0 Å². The summed E-state index contributed by atoms with van der Waals surface area (Å²) in [6, 6.07) is 4.99. The predicted octanol–water partition coefficient (Wildman–Crippen LogP) is 1.15. The van der Waals surface area contributed by atoms with Crippen LogP contribution in [-0.4, -0.2) is 43.9 Å². The lowest BCUT2D eigenvalue weighted by Gasteiger charge is -2.14. The zero-order valence-corrected chi connectivity index (χ0v) is 13.1. The first kappa shape index (κ1) is 16.8. The zero-order valence-electron chi connectivity index (χ0n) is 13.1. The van der Waals surface area contributed by atoms with E-state index in [1.165, 1.54) is 4.90 Å². The molecule has 0 aromatic heterocycles. The van der Waals surface area contributed by atoms with Crippen LogP contribution in [0.1, 0.15) is 24.2 Å². The molecule has 1 aromatic rings. The number of amides is 2. The summed E-state index contributed by atoms with van der Waals surface area (Å²) in [6.45, 7) is 4.82. The van der Waals surface area contributed by atoms with Crippen LogP contribution in [0.4, 0.5) is 11.4 Å². The summed E-state index contributed by atoms with van der Waals surface area (Å²) in [7, 11) is 3.37. The molecule has 0 radical (unpaired) electrons. The maximum Gasteiger partial charge on any atom is 0.253 e. The molecule has 6 heteroatoms. The van der Waals surface area contributed by atoms with Gasteiger partial charge >= 0.3 is 0 Å². The van der Waals surface area contributed by atoms with Crippen molar-refractivity contribution < 1.29 is 9.59 Å². The molecular weight excluding hydrogens is 268 g/mol. The van der Waals surface area contributed by atoms with Gasteiger partial charge in [0.2, 0.25) is 5.91 Å². The van der Waals surface area contributed by atoms with E-state index < -0.39 is 0 Å². The third-order valence-electron chi connectivity index (χ3n) is 2.85. The van der Waals surface area contributed by atoms with Crippen LogP contribution in [0, 0.1) is 5.92 Å². The van der Waals surface area contributed by atoms with E-state index in [0.717, 1.165) is 0 Å². The lowest BCUT2D eigenvalue weighted by molar-refractivity contribution is -0.119. The minimum atomic E-state index is -0.109. The van der Waals surface area contributed by atoms with Crippen LogP contribution in [0.5, 0.6) is 0 Å². The minimum Gasteiger partial charge on any atom is -0.397 e. The first-order chi connectivity index (χ1) is 9.81. The Morgan fingerprint density at radius 3 is 2.52 bits per heavy atom. The summed E-state index contributed by atoms with van der Waals surface area (Å²) >= 11 is 0. The largest absolute Gasteiger partial charge is 0.397 e. The molecule has 0 spiro atoms. The summed E-state index contributed by atoms with van der Waals surface area (Å²) in [4.78, 5) is 25.1. The van der Waals surface area contributed by atoms with Crippen molar-refractivity contribution in [3.05, 3.63) is 23.8 Å². The summed E-state index contributed by atoms with van der Waals surface area (Å²) in [5, 5.41) is 5.77. The number of hydrogen-bond donors (Lipinski definition) is 3. The maximum atomic E-state index is 11.9. The number of nitrogens with two attached hydrogens (primary N) is 1. The Kier molecular flexibility index (Phi) is 6.02. The molecule has 1 aromatic carbocycles. The smallest absolute Gasteiger partial charge is 0.253 e. The van der Waals surface area contributed by atoms with Crippen LogP contribution in [0.25, 0.3) is 0 Å². The van der Waals surface area contributed by atoms with Gasteiger partial charge in [-0.1, -0.05) is 13.8 Å². The Morgan fingerprint density at radius 1 is 1.29 bits per heavy atom. The number of carbonyl (C=O) groups excluding carboxylic acids is 2. The molecule has 0 bridgehead atoms. The van der Waals surface area contributed by atoms with Gasteiger partial charge in [-0.15, -0.1) is 0 Å². The topological polar surface area (TPSA) is 87.5 Å². The van der Waals surface area contributed by atoms with E-state index in [1.54, 1.807) is 32.3 Å². The van der Waals surface area contributed by atoms with Gasteiger partial charge in [0.15, 0.2) is 0 Å². The molecule has 0 saturated heterocycles. The Bertz CT molecular complexity index is 512. The number of nitrogens with one attached hydrogen (secondary N) is 2. The summed E-state index contributed by atoms with van der Waals surface area (Å²) in [5.74, 6) is 0.190. The average Bonchev–Trinajstić information content (AvgIpc) is 2.43. The Hall–Kier alpha value is -2.24. The van der Waals surface area contributed by atoms with Crippen LogP contribution in [-0.2, 0) is 4.79 Å². The van der Waals surface area contributed by atoms with Crippen molar-refractivity contribution in [2.45, 2.75) is 13.8 Å². The number of hydrogen-bond acceptors (Lipinski definition) is 4. The van der Waals surface area contributed by atoms with Crippen molar-refractivity contribution in [1.29, 1.82) is 0 Å². The molecule has 0 aliphatic heterocycles. The number of nitrogen functional groups attached to an aromatic ring is 1. The van der Waals surface area contributed by atoms with Gasteiger partial charge in [-0.25, -0.2) is 0 Å². The molecule has 0 saturated carbocycles. The molecule has 0 aliphatic rings. The van der Waals surface area contributed by atoms with Gasteiger partial charge < -0.3 is 21.3 Å². The molecule has 1 rings (SSSR count). The van der Waals surface area contributed by atoms with E-state index in [2.05, 4.69) is 10.6 Å². The summed E-state index contributed by atoms with van der Waals surface area (Å²) in [6.07, 6.45) is 0. The Balaban J connectivity index is 2.68. The van der Waals surface area contributed by atoms with Crippen LogP contribution in [0.15, 0.2) is 18.2 Å². The van der Waals surface area contributed by atoms with Gasteiger partial charge in [0.1, 0.15) is 0 Å². The van der Waals surface area contributed by atoms with E-state index in [-0.39, 0.29) is 18.4 Å². The van der Waals surface area contributed by atoms with Crippen LogP contribution < -0.4 is 16.4 Å². The monoisotopic (exact) mass is 292 g/mol. The second-order valence-corrected chi connectivity index (χ2v) is 5.55. The van der Waals surface area contributed by atoms with E-state index in [4.69, 9.17) is 5.73 Å². The maximum absolute atomic E-state index is 11.9. The summed E-state index contributed by atoms with van der Waals surface area (Å²) < 4.78 is 0. The highest BCUT2D eigenvalue weighted by Crippen LogP contribution is 2.20. The number of rotatable bonds is 6. The van der Waals surface area contributed by atoms with Crippen molar-refractivity contribution in [3.8, 4) is 0 Å². The van der Waals surface area contributed by atoms with E-state index >= 15 is 0 Å². The van der Waals surface area contributed by atoms with Crippen molar-refractivity contribution >= 4 is 23.2 Å². The molecule has 116 valence electrons. The second kappa shape index (κ2) is 7.52. The standard InChI is InChI=1S/C15H24N4O2/c1-10(2)8-18-14(20)9-17-13-7-11(5-6-12(13)16)15(21)19(3)4/h5-7,10,17H,8-9,16H2,1-4H3,(H,18,20). The molecule has 6 nitrogen and oxygen atoms in total. The molecule has 2 amide bonds. The van der Waals surface area contributed by atoms with Gasteiger partial charge in [0, 0.05) is 26.2 Å². The number of benzene rings is 1. The first-order valence-electron chi connectivity index (χ1n) is 6.93. The highest BCUT2D eigenvalue weighted by atomic mass is 16.2. The van der Waals surface area contributed by atoms with Crippen molar-refractivity contribution in [3.63, 3.8) is 0 Å². The van der Waals surface area contributed by atoms with Gasteiger partial charge in [0.05, 0.1) is 17.9 Å². The molecule has 0 unspecified atom stereocenters. The third kappa shape index (κ3) is 5.33. The molecule has 0 heterocycles. The fourth-order valence-electron chi connectivity index (χ4n) is 1.66. The molecule has 4 N–H and O–H groups in total. The highest BCUT2D eigenvalue weighted by Gasteiger charge is 2.11. The van der Waals surface area contributed by atoms with Gasteiger partial charge in [-0.3, -0.25) is 9.59 Å². The second-order valence-electron chi connectivity index (χ2n) is 5.55. The predicted molar refractivity (Wildman–Crippen MR) is 85.2 cm³/mol. The first-order valence-corrected chi connectivity index (χ1v) is 6.93. The quantitative estimate of drug-likeness (QED) is 0.686. The molecule has 0 fully saturated rings. The molecule has 0 atom stereocenters. The van der Waals surface area contributed by atoms with Crippen LogP contribution in [0.3, 0.4) is 0 Å². The minimum absolute atomic E-state index is 0.104.